The number of hydrogen-bond donors (Lipinski definition) is 0. The zero-order valence-electron chi connectivity index (χ0n) is 12.4. The summed E-state index contributed by atoms with van der Waals surface area (Å²) >= 11 is 0. The number of ether oxygens (including phenoxy) is 2. The first kappa shape index (κ1) is 16.6. The highest BCUT2D eigenvalue weighted by Gasteiger charge is 2.38. The van der Waals surface area contributed by atoms with Gasteiger partial charge in [0, 0.05) is 18.6 Å². The van der Waals surface area contributed by atoms with Gasteiger partial charge in [-0.05, 0) is 19.8 Å². The quantitative estimate of drug-likeness (QED) is 0.645. The minimum atomic E-state index is -0.420. The van der Waals surface area contributed by atoms with E-state index in [-0.39, 0.29) is 23.0 Å². The minimum absolute atomic E-state index is 0.199. The van der Waals surface area contributed by atoms with Crippen molar-refractivity contribution in [3.8, 4) is 0 Å². The van der Waals surface area contributed by atoms with Crippen LogP contribution in [0.5, 0.6) is 0 Å². The second kappa shape index (κ2) is 7.12. The Labute approximate surface area is 106 Å². The Kier molecular flexibility index (Phi) is 6.95. The lowest BCUT2D eigenvalue weighted by Crippen LogP contribution is -2.42. The molecule has 1 atom stereocenters. The summed E-state index contributed by atoms with van der Waals surface area (Å²) in [6.07, 6.45) is -0.420. The normalized spacial score (nSPS) is 14.4. The fourth-order valence-electron chi connectivity index (χ4n) is 1.82. The van der Waals surface area contributed by atoms with Crippen LogP contribution >= 0.6 is 0 Å². The Hall–Kier alpha value is -0.410. The third kappa shape index (κ3) is 5.17. The lowest BCUT2D eigenvalue weighted by atomic mass is 9.78. The summed E-state index contributed by atoms with van der Waals surface area (Å²) in [5.41, 5.74) is -0.360. The van der Waals surface area contributed by atoms with Crippen molar-refractivity contribution in [2.75, 3.05) is 13.2 Å². The van der Waals surface area contributed by atoms with Crippen molar-refractivity contribution in [2.45, 2.75) is 54.8 Å². The summed E-state index contributed by atoms with van der Waals surface area (Å²) in [6.45, 7) is 14.9. The molecule has 0 radical (unpaired) electrons. The maximum Gasteiger partial charge on any atom is 0.167 e. The smallest absolute Gasteiger partial charge is 0.167 e. The highest BCUT2D eigenvalue weighted by molar-refractivity contribution is 5.86. The molecule has 0 heterocycles. The van der Waals surface area contributed by atoms with Crippen molar-refractivity contribution < 1.29 is 14.3 Å². The van der Waals surface area contributed by atoms with Crippen LogP contribution in [0.2, 0.25) is 0 Å². The van der Waals surface area contributed by atoms with Crippen molar-refractivity contribution in [1.29, 1.82) is 0 Å². The van der Waals surface area contributed by atoms with Gasteiger partial charge in [0.15, 0.2) is 6.29 Å². The van der Waals surface area contributed by atoms with E-state index in [1.54, 1.807) is 0 Å². The van der Waals surface area contributed by atoms with E-state index in [4.69, 9.17) is 9.47 Å². The maximum absolute atomic E-state index is 12.4. The van der Waals surface area contributed by atoms with Gasteiger partial charge in [0.05, 0.1) is 5.92 Å². The molecule has 0 spiro atoms. The SMILES string of the molecule is CCOC(OCC)C(C(=O)C(C)(C)C)C(C)C. The van der Waals surface area contributed by atoms with Gasteiger partial charge < -0.3 is 9.47 Å². The average Bonchev–Trinajstić information content (AvgIpc) is 2.16. The molecule has 0 rings (SSSR count). The summed E-state index contributed by atoms with van der Waals surface area (Å²) in [4.78, 5) is 12.4. The predicted octanol–water partition coefficient (Wildman–Crippen LogP) is 3.27. The van der Waals surface area contributed by atoms with Crippen LogP contribution in [0.25, 0.3) is 0 Å². The van der Waals surface area contributed by atoms with Crippen LogP contribution in [-0.2, 0) is 14.3 Å². The van der Waals surface area contributed by atoms with Crippen LogP contribution in [0.3, 0.4) is 0 Å². The monoisotopic (exact) mass is 244 g/mol. The second-order valence-electron chi connectivity index (χ2n) is 5.66. The molecular weight excluding hydrogens is 216 g/mol. The average molecular weight is 244 g/mol. The topological polar surface area (TPSA) is 35.5 Å². The van der Waals surface area contributed by atoms with Crippen LogP contribution in [0, 0.1) is 17.3 Å². The number of hydrogen-bond acceptors (Lipinski definition) is 3. The minimum Gasteiger partial charge on any atom is -0.352 e. The van der Waals surface area contributed by atoms with Gasteiger partial charge in [0.25, 0.3) is 0 Å². The standard InChI is InChI=1S/C14H28O3/c1-8-16-13(17-9-2)11(10(3)4)12(15)14(5,6)7/h10-11,13H,8-9H2,1-7H3. The molecule has 1 unspecified atom stereocenters. The van der Waals surface area contributed by atoms with Crippen molar-refractivity contribution in [3.05, 3.63) is 0 Å². The molecule has 0 fully saturated rings. The molecule has 0 amide bonds. The van der Waals surface area contributed by atoms with Gasteiger partial charge in [0.1, 0.15) is 5.78 Å². The molecule has 17 heavy (non-hydrogen) atoms. The van der Waals surface area contributed by atoms with Gasteiger partial charge in [-0.15, -0.1) is 0 Å². The lowest BCUT2D eigenvalue weighted by molar-refractivity contribution is -0.185. The summed E-state index contributed by atoms with van der Waals surface area (Å²) < 4.78 is 11.2. The molecule has 0 saturated carbocycles. The van der Waals surface area contributed by atoms with Crippen LogP contribution in [0.4, 0.5) is 0 Å². The molecule has 0 aromatic heterocycles. The number of carbonyl (C=O) groups is 1. The van der Waals surface area contributed by atoms with Gasteiger partial charge in [-0.1, -0.05) is 34.6 Å². The molecule has 0 aromatic carbocycles. The lowest BCUT2D eigenvalue weighted by Gasteiger charge is -2.33. The van der Waals surface area contributed by atoms with Crippen molar-refractivity contribution >= 4 is 5.78 Å². The first-order valence-corrected chi connectivity index (χ1v) is 6.53. The van der Waals surface area contributed by atoms with E-state index in [0.29, 0.717) is 13.2 Å². The van der Waals surface area contributed by atoms with E-state index in [2.05, 4.69) is 0 Å². The first-order chi connectivity index (χ1) is 7.75. The van der Waals surface area contributed by atoms with Crippen molar-refractivity contribution in [1.82, 2.24) is 0 Å². The Morgan fingerprint density at radius 1 is 1.06 bits per heavy atom. The second-order valence-corrected chi connectivity index (χ2v) is 5.66. The van der Waals surface area contributed by atoms with Crippen LogP contribution in [0.15, 0.2) is 0 Å². The van der Waals surface area contributed by atoms with Crippen LogP contribution in [-0.4, -0.2) is 25.3 Å². The van der Waals surface area contributed by atoms with Crippen LogP contribution in [0.1, 0.15) is 48.5 Å². The largest absolute Gasteiger partial charge is 0.352 e. The molecule has 0 bridgehead atoms. The number of carbonyl (C=O) groups excluding carboxylic acids is 1. The van der Waals surface area contributed by atoms with Gasteiger partial charge in [-0.25, -0.2) is 0 Å². The van der Waals surface area contributed by atoms with Crippen molar-refractivity contribution in [2.24, 2.45) is 17.3 Å². The van der Waals surface area contributed by atoms with Crippen molar-refractivity contribution in [3.63, 3.8) is 0 Å². The molecule has 0 aliphatic rings. The van der Waals surface area contributed by atoms with Gasteiger partial charge in [-0.3, -0.25) is 4.79 Å². The van der Waals surface area contributed by atoms with Gasteiger partial charge >= 0.3 is 0 Å². The number of ketones is 1. The van der Waals surface area contributed by atoms with Crippen LogP contribution < -0.4 is 0 Å². The van der Waals surface area contributed by atoms with Gasteiger partial charge in [0.2, 0.25) is 0 Å². The molecule has 3 nitrogen and oxygen atoms in total. The van der Waals surface area contributed by atoms with E-state index in [1.807, 2.05) is 48.5 Å². The summed E-state index contributed by atoms with van der Waals surface area (Å²) in [6, 6.07) is 0. The molecular formula is C14H28O3. The molecule has 3 heteroatoms. The van der Waals surface area contributed by atoms with Gasteiger partial charge in [-0.2, -0.15) is 0 Å². The van der Waals surface area contributed by atoms with E-state index in [0.717, 1.165) is 0 Å². The third-order valence-electron chi connectivity index (χ3n) is 2.72. The molecule has 0 aromatic rings. The van der Waals surface area contributed by atoms with E-state index < -0.39 is 6.29 Å². The fraction of sp³-hybridized carbons (Fsp3) is 0.929. The number of Topliss-reactive ketones (excluding diaryl/α,β-unsaturated/α-hetero) is 1. The first-order valence-electron chi connectivity index (χ1n) is 6.53. The Bertz CT molecular complexity index is 222. The number of rotatable bonds is 7. The highest BCUT2D eigenvalue weighted by Crippen LogP contribution is 2.29. The Morgan fingerprint density at radius 3 is 1.71 bits per heavy atom. The Morgan fingerprint density at radius 2 is 1.47 bits per heavy atom. The Balaban J connectivity index is 4.98. The highest BCUT2D eigenvalue weighted by atomic mass is 16.7. The van der Waals surface area contributed by atoms with E-state index in [9.17, 15) is 4.79 Å². The molecule has 102 valence electrons. The third-order valence-corrected chi connectivity index (χ3v) is 2.72. The van der Waals surface area contributed by atoms with E-state index in [1.165, 1.54) is 0 Å². The molecule has 0 N–H and O–H groups in total. The summed E-state index contributed by atoms with van der Waals surface area (Å²) in [5, 5.41) is 0. The predicted molar refractivity (Wildman–Crippen MR) is 69.8 cm³/mol. The van der Waals surface area contributed by atoms with E-state index >= 15 is 0 Å². The molecule has 0 saturated heterocycles. The molecule has 0 aliphatic carbocycles. The molecule has 0 aliphatic heterocycles. The fourth-order valence-corrected chi connectivity index (χ4v) is 1.82. The zero-order chi connectivity index (χ0) is 13.6. The summed E-state index contributed by atoms with van der Waals surface area (Å²) in [7, 11) is 0. The summed E-state index contributed by atoms with van der Waals surface area (Å²) in [5.74, 6) is 0.221. The maximum atomic E-state index is 12.4. The zero-order valence-corrected chi connectivity index (χ0v) is 12.4.